The summed E-state index contributed by atoms with van der Waals surface area (Å²) in [6.45, 7) is 1.58. The maximum atomic E-state index is 14.2. The number of rotatable bonds is 5. The second-order valence-corrected chi connectivity index (χ2v) is 8.43. The van der Waals surface area contributed by atoms with Gasteiger partial charge in [-0.3, -0.25) is 4.90 Å². The van der Waals surface area contributed by atoms with E-state index in [4.69, 9.17) is 4.74 Å². The van der Waals surface area contributed by atoms with Crippen molar-refractivity contribution in [3.63, 3.8) is 0 Å². The van der Waals surface area contributed by atoms with Gasteiger partial charge in [-0.15, -0.1) is 0 Å². The van der Waals surface area contributed by atoms with Crippen LogP contribution in [0.15, 0.2) is 60.0 Å². The van der Waals surface area contributed by atoms with Crippen LogP contribution in [0, 0.1) is 5.82 Å². The number of hydrogen-bond acceptors (Lipinski definition) is 5. The van der Waals surface area contributed by atoms with Crippen LogP contribution in [0.1, 0.15) is 28.4 Å². The monoisotopic (exact) mass is 434 g/mol. The molecule has 0 fully saturated rings. The van der Waals surface area contributed by atoms with Crippen molar-refractivity contribution in [2.75, 3.05) is 19.9 Å². The molecular weight excluding hydrogens is 411 g/mol. The van der Waals surface area contributed by atoms with E-state index in [1.807, 2.05) is 30.8 Å². The number of nitrogens with zero attached hydrogens (tertiary/aromatic N) is 3. The Morgan fingerprint density at radius 1 is 1.19 bits per heavy atom. The second kappa shape index (κ2) is 8.32. The molecule has 0 saturated heterocycles. The predicted molar refractivity (Wildman–Crippen MR) is 121 cm³/mol. The molecule has 7 heteroatoms. The van der Waals surface area contributed by atoms with Gasteiger partial charge in [0, 0.05) is 47.6 Å². The molecule has 0 spiro atoms. The van der Waals surface area contributed by atoms with Crippen molar-refractivity contribution >= 4 is 22.7 Å². The van der Waals surface area contributed by atoms with Gasteiger partial charge in [0.2, 0.25) is 0 Å². The van der Waals surface area contributed by atoms with Crippen LogP contribution < -0.4 is 4.74 Å². The van der Waals surface area contributed by atoms with Gasteiger partial charge in [0.15, 0.2) is 16.7 Å². The van der Waals surface area contributed by atoms with Gasteiger partial charge in [0.25, 0.3) is 0 Å². The fourth-order valence-corrected chi connectivity index (χ4v) is 4.77. The average molecular weight is 435 g/mol. The van der Waals surface area contributed by atoms with Crippen molar-refractivity contribution in [3.8, 4) is 5.75 Å². The fraction of sp³-hybridized carbons (Fsp3) is 0.250. The zero-order valence-corrected chi connectivity index (χ0v) is 18.2. The molecule has 0 aliphatic carbocycles. The van der Waals surface area contributed by atoms with Gasteiger partial charge in [0.1, 0.15) is 0 Å². The van der Waals surface area contributed by atoms with Crippen LogP contribution in [-0.4, -0.2) is 39.8 Å². The van der Waals surface area contributed by atoms with Gasteiger partial charge in [0.05, 0.1) is 13.2 Å². The lowest BCUT2D eigenvalue weighted by Crippen LogP contribution is -2.35. The molecule has 1 aliphatic heterocycles. The molecular formula is C24H23FN4OS. The predicted octanol–water partition coefficient (Wildman–Crippen LogP) is 4.98. The number of nitrogens with one attached hydrogen (secondary N) is 1. The van der Waals surface area contributed by atoms with Crippen molar-refractivity contribution in [3.05, 3.63) is 83.1 Å². The molecule has 1 N–H and O–H groups in total. The van der Waals surface area contributed by atoms with Crippen molar-refractivity contribution in [2.24, 2.45) is 0 Å². The first-order valence-corrected chi connectivity index (χ1v) is 11.4. The molecule has 0 radical (unpaired) electrons. The topological polar surface area (TPSA) is 54.0 Å². The van der Waals surface area contributed by atoms with Crippen LogP contribution in [0.5, 0.6) is 5.75 Å². The zero-order chi connectivity index (χ0) is 21.4. The van der Waals surface area contributed by atoms with Gasteiger partial charge < -0.3 is 9.72 Å². The van der Waals surface area contributed by atoms with E-state index >= 15 is 0 Å². The summed E-state index contributed by atoms with van der Waals surface area (Å²) in [6.07, 6.45) is 6.69. The number of thioether (sulfide) groups is 1. The van der Waals surface area contributed by atoms with Crippen LogP contribution >= 0.6 is 11.8 Å². The fourth-order valence-electron chi connectivity index (χ4n) is 4.45. The lowest BCUT2D eigenvalue weighted by molar-refractivity contribution is 0.201. The summed E-state index contributed by atoms with van der Waals surface area (Å²) in [6, 6.07) is 13.5. The number of para-hydroxylation sites is 1. The number of aromatic amines is 1. The molecule has 1 aliphatic rings. The Bertz CT molecular complexity index is 1220. The minimum Gasteiger partial charge on any atom is -0.494 e. The highest BCUT2D eigenvalue weighted by molar-refractivity contribution is 7.98. The normalized spacial score (nSPS) is 16.4. The quantitative estimate of drug-likeness (QED) is 0.355. The van der Waals surface area contributed by atoms with Crippen molar-refractivity contribution in [1.82, 2.24) is 19.9 Å². The van der Waals surface area contributed by atoms with Gasteiger partial charge in [-0.25, -0.2) is 14.4 Å². The Hall–Kier alpha value is -2.90. The van der Waals surface area contributed by atoms with Gasteiger partial charge in [-0.05, 0) is 42.0 Å². The average Bonchev–Trinajstić information content (AvgIpc) is 3.18. The standard InChI is InChI=1S/C24H23FN4OS/c1-30-21-11-16(7-8-19(21)25)23-22-18(17-5-3-4-6-20(17)28-22)9-10-29(23)14-15-12-26-24(31-2)27-13-15/h3-8,11-13,23,28H,9-10,14H2,1-2H3. The first-order valence-electron chi connectivity index (χ1n) is 10.2. The number of methoxy groups -OCH3 is 1. The number of benzene rings is 2. The molecule has 3 heterocycles. The Morgan fingerprint density at radius 3 is 2.77 bits per heavy atom. The largest absolute Gasteiger partial charge is 0.494 e. The second-order valence-electron chi connectivity index (χ2n) is 7.66. The molecule has 158 valence electrons. The molecule has 0 bridgehead atoms. The molecule has 5 rings (SSSR count). The first-order chi connectivity index (χ1) is 15.2. The molecule has 0 amide bonds. The van der Waals surface area contributed by atoms with Gasteiger partial charge >= 0.3 is 0 Å². The Morgan fingerprint density at radius 2 is 2.00 bits per heavy atom. The summed E-state index contributed by atoms with van der Waals surface area (Å²) in [4.78, 5) is 14.9. The highest BCUT2D eigenvalue weighted by atomic mass is 32.2. The molecule has 31 heavy (non-hydrogen) atoms. The molecule has 5 nitrogen and oxygen atoms in total. The summed E-state index contributed by atoms with van der Waals surface area (Å²) in [5, 5.41) is 2.02. The van der Waals surface area contributed by atoms with E-state index in [1.54, 1.807) is 6.07 Å². The van der Waals surface area contributed by atoms with Crippen LogP contribution in [-0.2, 0) is 13.0 Å². The molecule has 1 unspecified atom stereocenters. The van der Waals surface area contributed by atoms with E-state index in [9.17, 15) is 4.39 Å². The van der Waals surface area contributed by atoms with E-state index in [0.717, 1.165) is 40.5 Å². The van der Waals surface area contributed by atoms with Gasteiger partial charge in [-0.2, -0.15) is 0 Å². The maximum Gasteiger partial charge on any atom is 0.187 e. The minimum atomic E-state index is -0.355. The minimum absolute atomic E-state index is 0.0501. The molecule has 2 aromatic carbocycles. The van der Waals surface area contributed by atoms with Crippen molar-refractivity contribution < 1.29 is 9.13 Å². The summed E-state index contributed by atoms with van der Waals surface area (Å²) < 4.78 is 19.4. The van der Waals surface area contributed by atoms with Crippen LogP contribution in [0.4, 0.5) is 4.39 Å². The maximum absolute atomic E-state index is 14.2. The van der Waals surface area contributed by atoms with Crippen molar-refractivity contribution in [2.45, 2.75) is 24.2 Å². The van der Waals surface area contributed by atoms with Gasteiger partial charge in [-0.1, -0.05) is 36.0 Å². The molecule has 4 aromatic rings. The summed E-state index contributed by atoms with van der Waals surface area (Å²) >= 11 is 1.53. The number of H-pyrrole nitrogens is 1. The number of hydrogen-bond donors (Lipinski definition) is 1. The third-order valence-corrected chi connectivity index (χ3v) is 6.45. The van der Waals surface area contributed by atoms with E-state index in [2.05, 4.69) is 38.1 Å². The SMILES string of the molecule is COc1cc(C2c3[nH]c4ccccc4c3CCN2Cc2cnc(SC)nc2)ccc1F. The van der Waals surface area contributed by atoms with Crippen LogP contribution in [0.25, 0.3) is 10.9 Å². The number of fused-ring (bicyclic) bond motifs is 3. The van der Waals surface area contributed by atoms with Crippen LogP contribution in [0.2, 0.25) is 0 Å². The molecule has 0 saturated carbocycles. The molecule has 2 aromatic heterocycles. The lowest BCUT2D eigenvalue weighted by atomic mass is 9.92. The van der Waals surface area contributed by atoms with E-state index in [0.29, 0.717) is 6.54 Å². The number of aromatic nitrogens is 3. The Labute approximate surface area is 184 Å². The number of halogens is 1. The highest BCUT2D eigenvalue weighted by Gasteiger charge is 2.32. The zero-order valence-electron chi connectivity index (χ0n) is 17.4. The molecule has 1 atom stereocenters. The van der Waals surface area contributed by atoms with Crippen molar-refractivity contribution in [1.29, 1.82) is 0 Å². The summed E-state index contributed by atoms with van der Waals surface area (Å²) in [5.41, 5.74) is 5.65. The third kappa shape index (κ3) is 3.68. The Kier molecular flexibility index (Phi) is 5.38. The highest BCUT2D eigenvalue weighted by Crippen LogP contribution is 2.40. The van der Waals surface area contributed by atoms with Crippen LogP contribution in [0.3, 0.4) is 0 Å². The van der Waals surface area contributed by atoms with E-state index in [-0.39, 0.29) is 17.6 Å². The third-order valence-electron chi connectivity index (χ3n) is 5.88. The first kappa shape index (κ1) is 20.0. The summed E-state index contributed by atoms with van der Waals surface area (Å²) in [7, 11) is 1.50. The number of ether oxygens (including phenoxy) is 1. The Balaban J connectivity index is 1.60. The smallest absolute Gasteiger partial charge is 0.187 e. The van der Waals surface area contributed by atoms with E-state index < -0.39 is 0 Å². The summed E-state index contributed by atoms with van der Waals surface area (Å²) in [5.74, 6) is -0.0973. The lowest BCUT2D eigenvalue weighted by Gasteiger charge is -2.36. The van der Waals surface area contributed by atoms with E-state index in [1.165, 1.54) is 35.9 Å².